The highest BCUT2D eigenvalue weighted by Gasteiger charge is 2.49. The van der Waals surface area contributed by atoms with E-state index >= 15 is 0 Å². The Labute approximate surface area is 128 Å². The first kappa shape index (κ1) is 17.1. The van der Waals surface area contributed by atoms with Crippen molar-refractivity contribution in [2.45, 2.75) is 25.0 Å². The smallest absolute Gasteiger partial charge is 0.483 e. The normalized spacial score (nSPS) is 16.8. The molecule has 0 radical (unpaired) electrons. The summed E-state index contributed by atoms with van der Waals surface area (Å²) < 4.78 is 69.4. The van der Waals surface area contributed by atoms with E-state index in [1.807, 2.05) is 0 Å². The van der Waals surface area contributed by atoms with E-state index in [9.17, 15) is 31.7 Å². The minimum Gasteiger partial charge on any atom is -0.483 e. The molecule has 126 valence electrons. The van der Waals surface area contributed by atoms with E-state index < -0.39 is 37.6 Å². The van der Waals surface area contributed by atoms with Crippen LogP contribution in [0.15, 0.2) is 24.3 Å². The first-order valence-electron chi connectivity index (χ1n) is 6.04. The summed E-state index contributed by atoms with van der Waals surface area (Å²) in [5.41, 5.74) is -7.51. The average molecular weight is 353 g/mol. The van der Waals surface area contributed by atoms with Crippen LogP contribution in [0.4, 0.5) is 18.9 Å². The lowest BCUT2D eigenvalue weighted by atomic mass is 10.0. The second kappa shape index (κ2) is 5.11. The van der Waals surface area contributed by atoms with Gasteiger partial charge in [-0.05, 0) is 19.9 Å². The Kier molecular flexibility index (Phi) is 3.79. The number of nitro benzene ring substituents is 1. The highest BCUT2D eigenvalue weighted by molar-refractivity contribution is 7.87. The summed E-state index contributed by atoms with van der Waals surface area (Å²) >= 11 is 0. The molecule has 0 atom stereocenters. The number of benzene rings is 1. The molecule has 1 heterocycles. The quantitative estimate of drug-likeness (QED) is 0.359. The van der Waals surface area contributed by atoms with Crippen LogP contribution in [0.3, 0.4) is 0 Å². The van der Waals surface area contributed by atoms with Crippen LogP contribution in [0.5, 0.6) is 5.75 Å². The lowest BCUT2D eigenvalue weighted by Gasteiger charge is -2.30. The Morgan fingerprint density at radius 3 is 2.43 bits per heavy atom. The molecule has 0 amide bonds. The van der Waals surface area contributed by atoms with E-state index in [2.05, 4.69) is 4.18 Å². The van der Waals surface area contributed by atoms with Crippen LogP contribution in [0, 0.1) is 10.1 Å². The van der Waals surface area contributed by atoms with Gasteiger partial charge in [0.15, 0.2) is 5.76 Å². The lowest BCUT2D eigenvalue weighted by molar-refractivity contribution is -0.384. The minimum atomic E-state index is -5.92. The van der Waals surface area contributed by atoms with Crippen molar-refractivity contribution < 1.29 is 35.4 Å². The molecule has 0 saturated heterocycles. The molecule has 11 heteroatoms. The van der Waals surface area contributed by atoms with Gasteiger partial charge < -0.3 is 8.92 Å². The topological polar surface area (TPSA) is 95.7 Å². The fourth-order valence-electron chi connectivity index (χ4n) is 1.85. The average Bonchev–Trinajstić information content (AvgIpc) is 2.34. The van der Waals surface area contributed by atoms with Gasteiger partial charge in [-0.25, -0.2) is 0 Å². The van der Waals surface area contributed by atoms with Crippen molar-refractivity contribution in [3.05, 3.63) is 40.0 Å². The standard InChI is InChI=1S/C12H10F3NO6S/c1-11(2)6-10(22-23(19,20)12(13,14)15)8-5-7(16(17)18)3-4-9(8)21-11/h3-6H,1-2H3. The van der Waals surface area contributed by atoms with Crippen molar-refractivity contribution in [2.24, 2.45) is 0 Å². The minimum absolute atomic E-state index is 0.0320. The van der Waals surface area contributed by atoms with Crippen LogP contribution in [0.2, 0.25) is 0 Å². The Hall–Kier alpha value is -2.30. The van der Waals surface area contributed by atoms with E-state index in [1.165, 1.54) is 13.8 Å². The maximum absolute atomic E-state index is 12.5. The fraction of sp³-hybridized carbons (Fsp3) is 0.333. The van der Waals surface area contributed by atoms with Crippen LogP contribution in [0.25, 0.3) is 5.76 Å². The van der Waals surface area contributed by atoms with Crippen molar-refractivity contribution in [3.8, 4) is 5.75 Å². The van der Waals surface area contributed by atoms with E-state index in [-0.39, 0.29) is 11.3 Å². The number of hydrogen-bond donors (Lipinski definition) is 0. The van der Waals surface area contributed by atoms with Gasteiger partial charge in [-0.15, -0.1) is 0 Å². The summed E-state index contributed by atoms with van der Waals surface area (Å²) in [4.78, 5) is 9.99. The van der Waals surface area contributed by atoms with Crippen LogP contribution in [-0.4, -0.2) is 24.5 Å². The summed E-state index contributed by atoms with van der Waals surface area (Å²) in [5, 5.41) is 10.8. The SMILES string of the molecule is CC1(C)C=C(OS(=O)(=O)C(F)(F)F)c2cc([N+](=O)[O-])ccc2O1. The third-order valence-corrected chi connectivity index (χ3v) is 3.74. The molecule has 0 N–H and O–H groups in total. The maximum Gasteiger partial charge on any atom is 0.534 e. The molecular weight excluding hydrogens is 343 g/mol. The highest BCUT2D eigenvalue weighted by Crippen LogP contribution is 2.40. The van der Waals surface area contributed by atoms with Crippen molar-refractivity contribution in [1.82, 2.24) is 0 Å². The number of alkyl halides is 3. The number of non-ortho nitro benzene ring substituents is 1. The van der Waals surface area contributed by atoms with E-state index in [0.29, 0.717) is 0 Å². The second-order valence-electron chi connectivity index (χ2n) is 5.13. The molecule has 0 unspecified atom stereocenters. The van der Waals surface area contributed by atoms with Gasteiger partial charge in [-0.2, -0.15) is 21.6 Å². The summed E-state index contributed by atoms with van der Waals surface area (Å²) in [6.07, 6.45) is 1.00. The number of rotatable bonds is 3. The predicted molar refractivity (Wildman–Crippen MR) is 71.8 cm³/mol. The lowest BCUT2D eigenvalue weighted by Crippen LogP contribution is -2.31. The van der Waals surface area contributed by atoms with E-state index in [4.69, 9.17) is 4.74 Å². The molecule has 1 aromatic carbocycles. The molecule has 0 aliphatic carbocycles. The molecule has 2 rings (SSSR count). The Balaban J connectivity index is 2.56. The van der Waals surface area contributed by atoms with Crippen LogP contribution < -0.4 is 4.74 Å². The Morgan fingerprint density at radius 2 is 1.91 bits per heavy atom. The molecule has 0 bridgehead atoms. The third kappa shape index (κ3) is 3.38. The molecule has 0 spiro atoms. The highest BCUT2D eigenvalue weighted by atomic mass is 32.2. The number of nitrogens with zero attached hydrogens (tertiary/aromatic N) is 1. The molecule has 0 fully saturated rings. The van der Waals surface area contributed by atoms with E-state index in [0.717, 1.165) is 24.3 Å². The van der Waals surface area contributed by atoms with Crippen molar-refractivity contribution >= 4 is 21.6 Å². The van der Waals surface area contributed by atoms with Gasteiger partial charge in [-0.1, -0.05) is 0 Å². The molecule has 23 heavy (non-hydrogen) atoms. The van der Waals surface area contributed by atoms with Gasteiger partial charge >= 0.3 is 15.6 Å². The summed E-state index contributed by atoms with van der Waals surface area (Å²) in [5.74, 6) is -0.715. The van der Waals surface area contributed by atoms with Crippen LogP contribution in [-0.2, 0) is 14.3 Å². The maximum atomic E-state index is 12.5. The fourth-order valence-corrected chi connectivity index (χ4v) is 2.32. The molecule has 7 nitrogen and oxygen atoms in total. The van der Waals surface area contributed by atoms with Gasteiger partial charge in [0, 0.05) is 18.2 Å². The predicted octanol–water partition coefficient (Wildman–Crippen LogP) is 2.97. The Bertz CT molecular complexity index is 798. The van der Waals surface area contributed by atoms with Gasteiger partial charge in [0.25, 0.3) is 5.69 Å². The zero-order valence-electron chi connectivity index (χ0n) is 11.7. The first-order chi connectivity index (χ1) is 10.3. The molecule has 0 aromatic heterocycles. The van der Waals surface area contributed by atoms with Crippen molar-refractivity contribution in [1.29, 1.82) is 0 Å². The zero-order valence-corrected chi connectivity index (χ0v) is 12.6. The monoisotopic (exact) mass is 353 g/mol. The number of fused-ring (bicyclic) bond motifs is 1. The van der Waals surface area contributed by atoms with Gasteiger partial charge in [0.2, 0.25) is 0 Å². The number of nitro groups is 1. The summed E-state index contributed by atoms with van der Waals surface area (Å²) in [7, 11) is -5.92. The number of halogens is 3. The molecular formula is C12H10F3NO6S. The third-order valence-electron chi connectivity index (χ3n) is 2.77. The van der Waals surface area contributed by atoms with Gasteiger partial charge in [0.05, 0.1) is 10.5 Å². The first-order valence-corrected chi connectivity index (χ1v) is 7.45. The molecule has 1 aliphatic rings. The summed E-state index contributed by atoms with van der Waals surface area (Å²) in [6, 6.07) is 3.12. The van der Waals surface area contributed by atoms with E-state index in [1.54, 1.807) is 0 Å². The number of hydrogen-bond acceptors (Lipinski definition) is 6. The number of ether oxygens (including phenoxy) is 1. The largest absolute Gasteiger partial charge is 0.534 e. The van der Waals surface area contributed by atoms with Gasteiger partial charge in [0.1, 0.15) is 11.4 Å². The van der Waals surface area contributed by atoms with Crippen LogP contribution >= 0.6 is 0 Å². The zero-order chi connectivity index (χ0) is 17.6. The summed E-state index contributed by atoms with van der Waals surface area (Å²) in [6.45, 7) is 2.92. The van der Waals surface area contributed by atoms with Crippen molar-refractivity contribution in [3.63, 3.8) is 0 Å². The second-order valence-corrected chi connectivity index (χ2v) is 6.67. The van der Waals surface area contributed by atoms with Crippen molar-refractivity contribution in [2.75, 3.05) is 0 Å². The van der Waals surface area contributed by atoms with Crippen LogP contribution in [0.1, 0.15) is 19.4 Å². The molecule has 1 aliphatic heterocycles. The van der Waals surface area contributed by atoms with Gasteiger partial charge in [-0.3, -0.25) is 10.1 Å². The molecule has 0 saturated carbocycles. The molecule has 1 aromatic rings. The Morgan fingerprint density at radius 1 is 1.30 bits per heavy atom.